The lowest BCUT2D eigenvalue weighted by Gasteiger charge is -2.21. The molecule has 0 aliphatic heterocycles. The third-order valence-electron chi connectivity index (χ3n) is 3.40. The van der Waals surface area contributed by atoms with Crippen molar-refractivity contribution in [3.63, 3.8) is 0 Å². The van der Waals surface area contributed by atoms with Gasteiger partial charge in [0.05, 0.1) is 0 Å². The lowest BCUT2D eigenvalue weighted by Crippen LogP contribution is -2.40. The van der Waals surface area contributed by atoms with E-state index in [1.54, 1.807) is 4.90 Å². The van der Waals surface area contributed by atoms with Gasteiger partial charge in [0, 0.05) is 18.8 Å². The molecule has 0 bridgehead atoms. The zero-order valence-corrected chi connectivity index (χ0v) is 13.3. The molecule has 0 atom stereocenters. The Kier molecular flexibility index (Phi) is 7.51. The molecule has 0 radical (unpaired) electrons. The largest absolute Gasteiger partial charge is 0.334 e. The van der Waals surface area contributed by atoms with E-state index >= 15 is 0 Å². The molecule has 4 nitrogen and oxygen atoms in total. The number of benzene rings is 1. The Hall–Kier alpha value is -1.84. The fourth-order valence-electron chi connectivity index (χ4n) is 2.20. The number of nitrogens with one attached hydrogen (secondary N) is 1. The van der Waals surface area contributed by atoms with Crippen molar-refractivity contribution in [1.29, 1.82) is 0 Å². The van der Waals surface area contributed by atoms with Crippen LogP contribution in [0.4, 0.5) is 5.69 Å². The molecule has 116 valence electrons. The molecule has 0 saturated heterocycles. The van der Waals surface area contributed by atoms with Crippen molar-refractivity contribution in [3.8, 4) is 0 Å². The molecule has 1 rings (SSSR count). The smallest absolute Gasteiger partial charge is 0.313 e. The summed E-state index contributed by atoms with van der Waals surface area (Å²) in [4.78, 5) is 26.1. The Morgan fingerprint density at radius 2 is 1.76 bits per heavy atom. The number of nitrogens with zero attached hydrogens (tertiary/aromatic N) is 1. The molecule has 0 spiro atoms. The van der Waals surface area contributed by atoms with Crippen LogP contribution < -0.4 is 5.32 Å². The average Bonchev–Trinajstić information content (AvgIpc) is 2.51. The molecular formula is C17H26N2O2. The number of aryl methyl sites for hydroxylation is 1. The van der Waals surface area contributed by atoms with Crippen molar-refractivity contribution in [1.82, 2.24) is 4.90 Å². The van der Waals surface area contributed by atoms with Gasteiger partial charge in [-0.2, -0.15) is 0 Å². The second-order valence-electron chi connectivity index (χ2n) is 5.11. The summed E-state index contributed by atoms with van der Waals surface area (Å²) in [6.45, 7) is 7.38. The minimum Gasteiger partial charge on any atom is -0.334 e. The maximum atomic E-state index is 12.3. The third-order valence-corrected chi connectivity index (χ3v) is 3.40. The summed E-state index contributed by atoms with van der Waals surface area (Å²) >= 11 is 0. The number of unbranched alkanes of at least 4 members (excludes halogenated alkanes) is 1. The number of hydrogen-bond acceptors (Lipinski definition) is 2. The van der Waals surface area contributed by atoms with Crippen LogP contribution in [0, 0.1) is 0 Å². The Bertz CT molecular complexity index is 472. The van der Waals surface area contributed by atoms with Gasteiger partial charge >= 0.3 is 11.8 Å². The molecule has 21 heavy (non-hydrogen) atoms. The maximum Gasteiger partial charge on any atom is 0.313 e. The number of carbonyl (C=O) groups is 2. The SMILES string of the molecule is CCCCN(CCC)C(=O)C(=O)Nc1ccccc1CC. The van der Waals surface area contributed by atoms with Crippen molar-refractivity contribution in [2.45, 2.75) is 46.5 Å². The van der Waals surface area contributed by atoms with Crippen LogP contribution in [0.3, 0.4) is 0 Å². The molecular weight excluding hydrogens is 264 g/mol. The second kappa shape index (κ2) is 9.16. The minimum absolute atomic E-state index is 0.434. The molecule has 0 aliphatic carbocycles. The minimum atomic E-state index is -0.541. The van der Waals surface area contributed by atoms with Gasteiger partial charge < -0.3 is 10.2 Å². The fraction of sp³-hybridized carbons (Fsp3) is 0.529. The highest BCUT2D eigenvalue weighted by atomic mass is 16.2. The monoisotopic (exact) mass is 290 g/mol. The molecule has 0 unspecified atom stereocenters. The van der Waals surface area contributed by atoms with E-state index in [4.69, 9.17) is 0 Å². The lowest BCUT2D eigenvalue weighted by molar-refractivity contribution is -0.143. The van der Waals surface area contributed by atoms with Crippen LogP contribution in [-0.2, 0) is 16.0 Å². The van der Waals surface area contributed by atoms with Gasteiger partial charge in [0.25, 0.3) is 0 Å². The van der Waals surface area contributed by atoms with E-state index < -0.39 is 11.8 Å². The Labute approximate surface area is 127 Å². The van der Waals surface area contributed by atoms with E-state index in [0.717, 1.165) is 36.9 Å². The maximum absolute atomic E-state index is 12.3. The first-order chi connectivity index (χ1) is 10.1. The summed E-state index contributed by atoms with van der Waals surface area (Å²) in [5, 5.41) is 2.75. The Morgan fingerprint density at radius 1 is 1.05 bits per heavy atom. The molecule has 0 fully saturated rings. The third kappa shape index (κ3) is 5.21. The zero-order chi connectivity index (χ0) is 15.7. The van der Waals surface area contributed by atoms with Crippen molar-refractivity contribution < 1.29 is 9.59 Å². The normalized spacial score (nSPS) is 10.2. The summed E-state index contributed by atoms with van der Waals surface area (Å²) in [5.74, 6) is -0.975. The topological polar surface area (TPSA) is 49.4 Å². The first-order valence-corrected chi connectivity index (χ1v) is 7.82. The highest BCUT2D eigenvalue weighted by molar-refractivity contribution is 6.39. The Morgan fingerprint density at radius 3 is 2.38 bits per heavy atom. The van der Waals surface area contributed by atoms with E-state index in [-0.39, 0.29) is 0 Å². The predicted octanol–water partition coefficient (Wildman–Crippen LogP) is 3.23. The first-order valence-electron chi connectivity index (χ1n) is 7.82. The molecule has 4 heteroatoms. The van der Waals surface area contributed by atoms with Gasteiger partial charge in [-0.3, -0.25) is 9.59 Å². The van der Waals surface area contributed by atoms with Gasteiger partial charge in [-0.15, -0.1) is 0 Å². The molecule has 0 saturated carbocycles. The summed E-state index contributed by atoms with van der Waals surface area (Å²) in [5.41, 5.74) is 1.76. The van der Waals surface area contributed by atoms with Gasteiger partial charge in [-0.1, -0.05) is 45.4 Å². The van der Waals surface area contributed by atoms with Crippen molar-refractivity contribution in [2.75, 3.05) is 18.4 Å². The quantitative estimate of drug-likeness (QED) is 0.784. The van der Waals surface area contributed by atoms with Crippen LogP contribution in [0.15, 0.2) is 24.3 Å². The van der Waals surface area contributed by atoms with Gasteiger partial charge in [-0.05, 0) is 30.9 Å². The summed E-state index contributed by atoms with van der Waals surface area (Å²) < 4.78 is 0. The van der Waals surface area contributed by atoms with Crippen LogP contribution in [0.2, 0.25) is 0 Å². The molecule has 0 heterocycles. The van der Waals surface area contributed by atoms with Crippen LogP contribution >= 0.6 is 0 Å². The summed E-state index contributed by atoms with van der Waals surface area (Å²) in [6, 6.07) is 7.59. The van der Waals surface area contributed by atoms with Gasteiger partial charge in [0.2, 0.25) is 0 Å². The lowest BCUT2D eigenvalue weighted by atomic mass is 10.1. The number of rotatable bonds is 7. The molecule has 2 amide bonds. The molecule has 0 aliphatic rings. The van der Waals surface area contributed by atoms with E-state index in [1.165, 1.54) is 0 Å². The molecule has 1 aromatic rings. The van der Waals surface area contributed by atoms with Crippen molar-refractivity contribution in [3.05, 3.63) is 29.8 Å². The number of carbonyl (C=O) groups excluding carboxylic acids is 2. The second-order valence-corrected chi connectivity index (χ2v) is 5.11. The highest BCUT2D eigenvalue weighted by Crippen LogP contribution is 2.15. The predicted molar refractivity (Wildman–Crippen MR) is 86.2 cm³/mol. The Balaban J connectivity index is 2.73. The van der Waals surface area contributed by atoms with E-state index in [0.29, 0.717) is 13.1 Å². The van der Waals surface area contributed by atoms with Crippen LogP contribution in [0.25, 0.3) is 0 Å². The standard InChI is InChI=1S/C17H26N2O2/c1-4-7-13-19(12-5-2)17(21)16(20)18-15-11-9-8-10-14(15)6-3/h8-11H,4-7,12-13H2,1-3H3,(H,18,20). The molecule has 1 N–H and O–H groups in total. The number of hydrogen-bond donors (Lipinski definition) is 1. The average molecular weight is 290 g/mol. The number of para-hydroxylation sites is 1. The zero-order valence-electron chi connectivity index (χ0n) is 13.3. The van der Waals surface area contributed by atoms with Crippen LogP contribution in [0.5, 0.6) is 0 Å². The number of anilines is 1. The van der Waals surface area contributed by atoms with E-state index in [2.05, 4.69) is 12.2 Å². The molecule has 1 aromatic carbocycles. The first kappa shape index (κ1) is 17.2. The summed E-state index contributed by atoms with van der Waals surface area (Å²) in [7, 11) is 0. The van der Waals surface area contributed by atoms with Gasteiger partial charge in [0.15, 0.2) is 0 Å². The fourth-order valence-corrected chi connectivity index (χ4v) is 2.20. The van der Waals surface area contributed by atoms with Crippen molar-refractivity contribution >= 4 is 17.5 Å². The van der Waals surface area contributed by atoms with E-state index in [1.807, 2.05) is 38.1 Å². The molecule has 0 aromatic heterocycles. The van der Waals surface area contributed by atoms with E-state index in [9.17, 15) is 9.59 Å². The number of amides is 2. The van der Waals surface area contributed by atoms with Gasteiger partial charge in [-0.25, -0.2) is 0 Å². The highest BCUT2D eigenvalue weighted by Gasteiger charge is 2.21. The summed E-state index contributed by atoms with van der Waals surface area (Å²) in [6.07, 6.45) is 3.60. The van der Waals surface area contributed by atoms with Crippen molar-refractivity contribution in [2.24, 2.45) is 0 Å². The van der Waals surface area contributed by atoms with Gasteiger partial charge in [0.1, 0.15) is 0 Å². The van der Waals surface area contributed by atoms with Crippen LogP contribution in [0.1, 0.15) is 45.6 Å². The van der Waals surface area contributed by atoms with Crippen LogP contribution in [-0.4, -0.2) is 29.8 Å².